The van der Waals surface area contributed by atoms with E-state index >= 15 is 0 Å². The fourth-order valence-corrected chi connectivity index (χ4v) is 3.37. The van der Waals surface area contributed by atoms with Crippen molar-refractivity contribution >= 4 is 44.6 Å². The molecule has 0 spiro atoms. The topological polar surface area (TPSA) is 4.44 Å². The summed E-state index contributed by atoms with van der Waals surface area (Å²) in [5.41, 5.74) is 1.38. The lowest BCUT2D eigenvalue weighted by molar-refractivity contribution is -0.909. The molecule has 100 valence electrons. The highest BCUT2D eigenvalue weighted by Crippen LogP contribution is 2.28. The summed E-state index contributed by atoms with van der Waals surface area (Å²) in [5.74, 6) is 0.714. The van der Waals surface area contributed by atoms with Crippen molar-refractivity contribution in [3.63, 3.8) is 0 Å². The Balaban J connectivity index is 0.00000162. The molecule has 1 nitrogen and oxygen atoms in total. The number of thiophene rings is 1. The number of halogens is 3. The molecule has 1 heterocycles. The zero-order chi connectivity index (χ0) is 12.3. The summed E-state index contributed by atoms with van der Waals surface area (Å²) in [4.78, 5) is 1.51. The van der Waals surface area contributed by atoms with Crippen molar-refractivity contribution in [1.82, 2.24) is 0 Å². The van der Waals surface area contributed by atoms with Crippen molar-refractivity contribution in [2.24, 2.45) is 0 Å². The van der Waals surface area contributed by atoms with Crippen LogP contribution >= 0.6 is 34.5 Å². The van der Waals surface area contributed by atoms with E-state index < -0.39 is 0 Å². The summed E-state index contributed by atoms with van der Waals surface area (Å²) < 4.78 is 1.31. The smallest absolute Gasteiger partial charge is 0.104 e. The van der Waals surface area contributed by atoms with Crippen LogP contribution in [0.15, 0.2) is 23.6 Å². The summed E-state index contributed by atoms with van der Waals surface area (Å²) in [6.45, 7) is 5.34. The third kappa shape index (κ3) is 3.75. The standard InChI is InChI=1S/C13H15Cl2NS.ClH/c1-2-16(6-5-14)8-10-9-17-13-4-3-11(15)7-12(10)13;/h3-4,7,9H,2,5-6,8H2,1H3;1H. The molecule has 0 radical (unpaired) electrons. The van der Waals surface area contributed by atoms with Crippen LogP contribution in [-0.2, 0) is 6.54 Å². The van der Waals surface area contributed by atoms with Gasteiger partial charge in [0.1, 0.15) is 6.54 Å². The van der Waals surface area contributed by atoms with Gasteiger partial charge in [-0.1, -0.05) is 11.6 Å². The molecule has 1 unspecified atom stereocenters. The van der Waals surface area contributed by atoms with Gasteiger partial charge in [-0.15, -0.1) is 22.9 Å². The number of quaternary nitrogens is 1. The van der Waals surface area contributed by atoms with Gasteiger partial charge in [0.05, 0.1) is 19.0 Å². The summed E-state index contributed by atoms with van der Waals surface area (Å²) in [6, 6.07) is 6.11. The van der Waals surface area contributed by atoms with Crippen molar-refractivity contribution < 1.29 is 17.3 Å². The van der Waals surface area contributed by atoms with Gasteiger partial charge in [-0.3, -0.25) is 0 Å². The molecule has 18 heavy (non-hydrogen) atoms. The van der Waals surface area contributed by atoms with E-state index in [0.717, 1.165) is 24.7 Å². The summed E-state index contributed by atoms with van der Waals surface area (Å²) in [7, 11) is 0. The van der Waals surface area contributed by atoms with Crippen molar-refractivity contribution in [2.45, 2.75) is 13.5 Å². The monoisotopic (exact) mass is 323 g/mol. The second kappa shape index (κ2) is 7.56. The lowest BCUT2D eigenvalue weighted by Crippen LogP contribution is -3.10. The number of fused-ring (bicyclic) bond motifs is 1. The van der Waals surface area contributed by atoms with E-state index in [1.807, 2.05) is 6.07 Å². The average Bonchev–Trinajstić information content (AvgIpc) is 2.71. The second-order valence-corrected chi connectivity index (χ2v) is 5.85. The summed E-state index contributed by atoms with van der Waals surface area (Å²) >= 11 is 13.7. The molecule has 1 aromatic heterocycles. The van der Waals surface area contributed by atoms with Gasteiger partial charge in [-0.25, -0.2) is 0 Å². The Morgan fingerprint density at radius 3 is 2.78 bits per heavy atom. The zero-order valence-electron chi connectivity index (χ0n) is 10.2. The molecule has 1 N–H and O–H groups in total. The molecular formula is C13H16Cl3NS. The van der Waals surface area contributed by atoms with Crippen LogP contribution in [0.5, 0.6) is 0 Å². The Morgan fingerprint density at radius 1 is 1.33 bits per heavy atom. The van der Waals surface area contributed by atoms with Crippen LogP contribution in [0.2, 0.25) is 5.02 Å². The van der Waals surface area contributed by atoms with Crippen LogP contribution in [0.4, 0.5) is 0 Å². The molecule has 0 fully saturated rings. The molecule has 0 bridgehead atoms. The lowest BCUT2D eigenvalue weighted by atomic mass is 10.1. The summed E-state index contributed by atoms with van der Waals surface area (Å²) in [5, 5.41) is 4.35. The van der Waals surface area contributed by atoms with Crippen LogP contribution in [0.3, 0.4) is 0 Å². The Morgan fingerprint density at radius 2 is 2.11 bits per heavy atom. The molecule has 0 aliphatic rings. The van der Waals surface area contributed by atoms with Crippen LogP contribution < -0.4 is 17.3 Å². The third-order valence-corrected chi connectivity index (χ3v) is 4.44. The molecule has 0 saturated carbocycles. The van der Waals surface area contributed by atoms with E-state index in [1.165, 1.54) is 20.5 Å². The van der Waals surface area contributed by atoms with Gasteiger partial charge in [0.25, 0.3) is 0 Å². The maximum atomic E-state index is 6.06. The zero-order valence-corrected chi connectivity index (χ0v) is 13.3. The van der Waals surface area contributed by atoms with Gasteiger partial charge in [-0.2, -0.15) is 0 Å². The van der Waals surface area contributed by atoms with Crippen LogP contribution in [0.25, 0.3) is 10.1 Å². The Bertz CT molecular complexity index is 498. The number of nitrogens with one attached hydrogen (secondary N) is 1. The Kier molecular flexibility index (Phi) is 6.75. The van der Waals surface area contributed by atoms with Crippen molar-refractivity contribution in [1.29, 1.82) is 0 Å². The maximum Gasteiger partial charge on any atom is 0.104 e. The van der Waals surface area contributed by atoms with E-state index in [4.69, 9.17) is 23.2 Å². The number of benzene rings is 1. The molecule has 1 aromatic carbocycles. The number of hydrogen-bond donors (Lipinski definition) is 1. The van der Waals surface area contributed by atoms with Crippen LogP contribution in [-0.4, -0.2) is 19.0 Å². The van der Waals surface area contributed by atoms with Crippen molar-refractivity contribution in [3.8, 4) is 0 Å². The molecule has 0 aliphatic heterocycles. The predicted molar refractivity (Wildman–Crippen MR) is 77.6 cm³/mol. The number of hydrogen-bond acceptors (Lipinski definition) is 1. The molecule has 1 atom stereocenters. The minimum absolute atomic E-state index is 0. The molecule has 5 heteroatoms. The van der Waals surface area contributed by atoms with E-state index in [9.17, 15) is 0 Å². The van der Waals surface area contributed by atoms with Gasteiger partial charge in [0.15, 0.2) is 0 Å². The van der Waals surface area contributed by atoms with E-state index in [2.05, 4.69) is 24.4 Å². The molecule has 2 aromatic rings. The molecule has 2 rings (SSSR count). The minimum Gasteiger partial charge on any atom is -1.00 e. The highest BCUT2D eigenvalue weighted by atomic mass is 35.5. The fraction of sp³-hybridized carbons (Fsp3) is 0.385. The van der Waals surface area contributed by atoms with E-state index in [-0.39, 0.29) is 12.4 Å². The molecule has 0 amide bonds. The first-order valence-corrected chi connectivity index (χ1v) is 7.59. The van der Waals surface area contributed by atoms with Gasteiger partial charge in [-0.05, 0) is 25.1 Å². The van der Waals surface area contributed by atoms with E-state index in [1.54, 1.807) is 11.3 Å². The van der Waals surface area contributed by atoms with E-state index in [0.29, 0.717) is 5.88 Å². The molecule has 0 aliphatic carbocycles. The van der Waals surface area contributed by atoms with Gasteiger partial charge < -0.3 is 17.3 Å². The Hall–Kier alpha value is 0.01000. The quantitative estimate of drug-likeness (QED) is 0.750. The minimum atomic E-state index is 0. The van der Waals surface area contributed by atoms with Crippen LogP contribution in [0, 0.1) is 0 Å². The first-order valence-electron chi connectivity index (χ1n) is 5.79. The first kappa shape index (κ1) is 16.1. The van der Waals surface area contributed by atoms with Crippen LogP contribution in [0.1, 0.15) is 12.5 Å². The van der Waals surface area contributed by atoms with Gasteiger partial charge in [0.2, 0.25) is 0 Å². The fourth-order valence-electron chi connectivity index (χ4n) is 1.98. The largest absolute Gasteiger partial charge is 1.00 e. The highest BCUT2D eigenvalue weighted by Gasteiger charge is 2.11. The Labute approximate surface area is 128 Å². The first-order chi connectivity index (χ1) is 8.24. The van der Waals surface area contributed by atoms with Crippen molar-refractivity contribution in [2.75, 3.05) is 19.0 Å². The molecule has 0 saturated heterocycles. The maximum absolute atomic E-state index is 6.06. The van der Waals surface area contributed by atoms with Crippen molar-refractivity contribution in [3.05, 3.63) is 34.2 Å². The average molecular weight is 325 g/mol. The normalized spacial score (nSPS) is 12.4. The SMILES string of the molecule is CC[NH+](CCCl)Cc1csc2ccc(Cl)cc12.[Cl-]. The molecular weight excluding hydrogens is 309 g/mol. The van der Waals surface area contributed by atoms with Gasteiger partial charge in [0, 0.05) is 26.1 Å². The number of rotatable bonds is 5. The highest BCUT2D eigenvalue weighted by molar-refractivity contribution is 7.17. The lowest BCUT2D eigenvalue weighted by Gasteiger charge is -2.15. The summed E-state index contributed by atoms with van der Waals surface area (Å²) in [6.07, 6.45) is 0. The second-order valence-electron chi connectivity index (χ2n) is 4.12. The third-order valence-electron chi connectivity index (χ3n) is 3.00. The predicted octanol–water partition coefficient (Wildman–Crippen LogP) is 0.202. The number of alkyl halides is 1. The van der Waals surface area contributed by atoms with Gasteiger partial charge >= 0.3 is 0 Å².